The highest BCUT2D eigenvalue weighted by Crippen LogP contribution is 2.24. The molecule has 2 aromatic carbocycles. The van der Waals surface area contributed by atoms with Gasteiger partial charge in [-0.05, 0) is 72.9 Å². The van der Waals surface area contributed by atoms with Gasteiger partial charge in [-0.1, -0.05) is 5.22 Å². The van der Waals surface area contributed by atoms with E-state index in [1.807, 2.05) is 47.8 Å². The highest BCUT2D eigenvalue weighted by Gasteiger charge is 1.97. The molecule has 0 amide bonds. The number of anilines is 1. The zero-order valence-corrected chi connectivity index (χ0v) is 13.9. The van der Waals surface area contributed by atoms with Crippen LogP contribution < -0.4 is 11.6 Å². The Labute approximate surface area is 139 Å². The molecule has 116 valence electrons. The predicted octanol–water partition coefficient (Wildman–Crippen LogP) is 4.89. The molecule has 0 aliphatic rings. The van der Waals surface area contributed by atoms with Crippen LogP contribution in [-0.2, 0) is 0 Å². The van der Waals surface area contributed by atoms with Crippen LogP contribution in [0.1, 0.15) is 12.8 Å². The molecular weight excluding hydrogens is 312 g/mol. The Morgan fingerprint density at radius 1 is 0.773 bits per heavy atom. The van der Waals surface area contributed by atoms with Gasteiger partial charge in [0.15, 0.2) is 0 Å². The van der Waals surface area contributed by atoms with Crippen LogP contribution >= 0.6 is 23.5 Å². The van der Waals surface area contributed by atoms with Gasteiger partial charge in [0.05, 0.1) is 5.69 Å². The number of hydrogen-bond acceptors (Lipinski definition) is 5. The number of hydrogen-bond donors (Lipinski definition) is 2. The Balaban J connectivity index is 1.60. The topological polar surface area (TPSA) is 76.8 Å². The van der Waals surface area contributed by atoms with Crippen LogP contribution in [0.15, 0.2) is 68.7 Å². The Morgan fingerprint density at radius 3 is 1.77 bits per heavy atom. The summed E-state index contributed by atoms with van der Waals surface area (Å²) < 4.78 is 0. The number of nitrogens with two attached hydrogens (primary N) is 2. The van der Waals surface area contributed by atoms with E-state index in [1.54, 1.807) is 0 Å². The van der Waals surface area contributed by atoms with Crippen LogP contribution in [0.4, 0.5) is 11.4 Å². The van der Waals surface area contributed by atoms with Crippen molar-refractivity contribution in [2.45, 2.75) is 22.6 Å². The molecular formula is C16H20N4S2. The maximum absolute atomic E-state index is 5.67. The molecule has 0 spiro atoms. The lowest BCUT2D eigenvalue weighted by Crippen LogP contribution is -1.86. The largest absolute Gasteiger partial charge is 0.399 e. The average Bonchev–Trinajstić information content (AvgIpc) is 2.54. The normalized spacial score (nSPS) is 11.1. The van der Waals surface area contributed by atoms with E-state index in [9.17, 15) is 0 Å². The lowest BCUT2D eigenvalue weighted by molar-refractivity contribution is 0.907. The molecule has 0 fully saturated rings. The fourth-order valence-corrected chi connectivity index (χ4v) is 3.65. The number of rotatable bonds is 8. The molecule has 0 bridgehead atoms. The third kappa shape index (κ3) is 5.99. The van der Waals surface area contributed by atoms with Crippen LogP contribution in [0.2, 0.25) is 0 Å². The average molecular weight is 332 g/mol. The molecule has 2 rings (SSSR count). The monoisotopic (exact) mass is 332 g/mol. The van der Waals surface area contributed by atoms with Crippen LogP contribution in [-0.4, -0.2) is 11.5 Å². The van der Waals surface area contributed by atoms with Crippen molar-refractivity contribution in [2.24, 2.45) is 16.2 Å². The van der Waals surface area contributed by atoms with Crippen molar-refractivity contribution in [3.63, 3.8) is 0 Å². The van der Waals surface area contributed by atoms with Crippen molar-refractivity contribution in [1.82, 2.24) is 0 Å². The summed E-state index contributed by atoms with van der Waals surface area (Å²) in [4.78, 5) is 2.54. The van der Waals surface area contributed by atoms with Gasteiger partial charge in [0.1, 0.15) is 0 Å². The van der Waals surface area contributed by atoms with Gasteiger partial charge in [0, 0.05) is 15.5 Å². The first-order valence-electron chi connectivity index (χ1n) is 7.10. The maximum Gasteiger partial charge on any atom is 0.0874 e. The van der Waals surface area contributed by atoms with Crippen LogP contribution in [0, 0.1) is 0 Å². The summed E-state index contributed by atoms with van der Waals surface area (Å²) in [6, 6.07) is 16.0. The molecule has 0 aliphatic heterocycles. The molecule has 2 aromatic rings. The van der Waals surface area contributed by atoms with E-state index in [0.29, 0.717) is 0 Å². The highest BCUT2D eigenvalue weighted by molar-refractivity contribution is 7.99. The molecule has 4 N–H and O–H groups in total. The third-order valence-corrected chi connectivity index (χ3v) is 5.16. The number of benzene rings is 2. The Kier molecular flexibility index (Phi) is 7.12. The number of nitrogen functional groups attached to an aromatic ring is 1. The van der Waals surface area contributed by atoms with Crippen molar-refractivity contribution in [3.8, 4) is 0 Å². The molecule has 0 heterocycles. The van der Waals surface area contributed by atoms with Gasteiger partial charge in [0.25, 0.3) is 0 Å². The number of unbranched alkanes of at least 4 members (excludes halogenated alkanes) is 1. The van der Waals surface area contributed by atoms with E-state index >= 15 is 0 Å². The van der Waals surface area contributed by atoms with E-state index < -0.39 is 0 Å². The van der Waals surface area contributed by atoms with E-state index in [4.69, 9.17) is 11.6 Å². The van der Waals surface area contributed by atoms with Gasteiger partial charge >= 0.3 is 0 Å². The first kappa shape index (κ1) is 16.7. The van der Waals surface area contributed by atoms with Crippen molar-refractivity contribution < 1.29 is 0 Å². The molecule has 0 saturated heterocycles. The van der Waals surface area contributed by atoms with Gasteiger partial charge in [-0.25, -0.2) is 0 Å². The summed E-state index contributed by atoms with van der Waals surface area (Å²) in [6.45, 7) is 0. The van der Waals surface area contributed by atoms with E-state index in [0.717, 1.165) is 22.9 Å². The third-order valence-electron chi connectivity index (χ3n) is 2.97. The standard InChI is InChI=1S/C16H20N4S2/c17-13-3-7-15(8-4-13)21-11-1-2-12-22-16-9-5-14(6-10-16)19-20-18/h3-10H,1-2,11-12,17H2,(H2,18,19). The number of thioether (sulfide) groups is 2. The fourth-order valence-electron chi connectivity index (χ4n) is 1.82. The van der Waals surface area contributed by atoms with Crippen molar-refractivity contribution in [3.05, 3.63) is 48.5 Å². The summed E-state index contributed by atoms with van der Waals surface area (Å²) in [6.07, 6.45) is 2.42. The summed E-state index contributed by atoms with van der Waals surface area (Å²) >= 11 is 3.75. The minimum atomic E-state index is 0.784. The van der Waals surface area contributed by atoms with E-state index in [-0.39, 0.29) is 0 Å². The summed E-state index contributed by atoms with van der Waals surface area (Å²) in [5.74, 6) is 7.28. The van der Waals surface area contributed by atoms with Crippen molar-refractivity contribution in [1.29, 1.82) is 0 Å². The summed E-state index contributed by atoms with van der Waals surface area (Å²) in [7, 11) is 0. The van der Waals surface area contributed by atoms with Crippen LogP contribution in [0.5, 0.6) is 0 Å². The molecule has 4 nitrogen and oxygen atoms in total. The van der Waals surface area contributed by atoms with Gasteiger partial charge in [0.2, 0.25) is 0 Å². The molecule has 0 radical (unpaired) electrons. The molecule has 6 heteroatoms. The minimum Gasteiger partial charge on any atom is -0.399 e. The summed E-state index contributed by atoms with van der Waals surface area (Å²) in [5, 5.41) is 7.06. The Morgan fingerprint density at radius 2 is 1.27 bits per heavy atom. The fraction of sp³-hybridized carbons (Fsp3) is 0.250. The quantitative estimate of drug-likeness (QED) is 0.180. The van der Waals surface area contributed by atoms with Gasteiger partial charge in [-0.3, -0.25) is 0 Å². The van der Waals surface area contributed by atoms with Gasteiger partial charge in [-0.15, -0.1) is 28.6 Å². The molecule has 22 heavy (non-hydrogen) atoms. The van der Waals surface area contributed by atoms with E-state index in [1.165, 1.54) is 22.6 Å². The highest BCUT2D eigenvalue weighted by atomic mass is 32.2. The minimum absolute atomic E-state index is 0.784. The Bertz CT molecular complexity index is 582. The zero-order chi connectivity index (χ0) is 15.6. The lowest BCUT2D eigenvalue weighted by atomic mass is 10.3. The second-order valence-electron chi connectivity index (χ2n) is 4.68. The smallest absolute Gasteiger partial charge is 0.0874 e. The second kappa shape index (κ2) is 9.38. The molecule has 0 unspecified atom stereocenters. The van der Waals surface area contributed by atoms with E-state index in [2.05, 4.69) is 34.6 Å². The van der Waals surface area contributed by atoms with Crippen molar-refractivity contribution in [2.75, 3.05) is 17.2 Å². The lowest BCUT2D eigenvalue weighted by Gasteiger charge is -2.03. The SMILES string of the molecule is NN=Nc1ccc(SCCCCSc2ccc(N)cc2)cc1. The van der Waals surface area contributed by atoms with Gasteiger partial charge < -0.3 is 11.6 Å². The molecule has 0 aromatic heterocycles. The first-order valence-corrected chi connectivity index (χ1v) is 9.07. The number of nitrogens with zero attached hydrogens (tertiary/aromatic N) is 2. The molecule has 0 aliphatic carbocycles. The zero-order valence-electron chi connectivity index (χ0n) is 12.3. The summed E-state index contributed by atoms with van der Waals surface area (Å²) in [5.41, 5.74) is 7.28. The first-order chi connectivity index (χ1) is 10.8. The van der Waals surface area contributed by atoms with Gasteiger partial charge in [-0.2, -0.15) is 0 Å². The maximum atomic E-state index is 5.67. The van der Waals surface area contributed by atoms with Crippen LogP contribution in [0.3, 0.4) is 0 Å². The predicted molar refractivity (Wildman–Crippen MR) is 96.7 cm³/mol. The molecule has 0 saturated carbocycles. The molecule has 0 atom stereocenters. The van der Waals surface area contributed by atoms with Crippen LogP contribution in [0.25, 0.3) is 0 Å². The van der Waals surface area contributed by atoms with Crippen molar-refractivity contribution >= 4 is 34.9 Å². The second-order valence-corrected chi connectivity index (χ2v) is 7.02. The Hall–Kier alpha value is -1.66.